The number of benzene rings is 4. The summed E-state index contributed by atoms with van der Waals surface area (Å²) in [6.45, 7) is 0. The molecule has 220 valence electrons. The maximum atomic E-state index is 12.6. The van der Waals surface area contributed by atoms with E-state index in [2.05, 4.69) is 39.8 Å². The Kier molecular flexibility index (Phi) is 7.83. The van der Waals surface area contributed by atoms with Gasteiger partial charge < -0.3 is 10.1 Å². The minimum atomic E-state index is -4.55. The second kappa shape index (κ2) is 11.9. The standard InChI is InChI=1S/C28H18N6O8S2/c35-27-20-14-17(44(38,39)40)7-9-21(20)30-28(36)26(27)34-32-22-10-11-23(25-19(22)4-2-12-29-25)33-31-16-6-8-18-15(13-16)3-1-5-24(18)43-42-41-37/h1-14,37H,(H2,30,35,36)(H,38,39,40)/b33-31+,34-32+. The summed E-state index contributed by atoms with van der Waals surface area (Å²) in [4.78, 5) is 19.8. The lowest BCUT2D eigenvalue weighted by Gasteiger charge is -2.06. The van der Waals surface area contributed by atoms with Crippen LogP contribution in [0.15, 0.2) is 120 Å². The van der Waals surface area contributed by atoms with Crippen molar-refractivity contribution in [3.05, 3.63) is 95.4 Å². The van der Waals surface area contributed by atoms with Crippen molar-refractivity contribution in [2.45, 2.75) is 9.79 Å². The quantitative estimate of drug-likeness (QED) is 0.0429. The number of nitrogens with one attached hydrogen (secondary N) is 1. The molecule has 0 spiro atoms. The number of hydrogen-bond donors (Lipinski definition) is 4. The molecule has 4 aromatic carbocycles. The van der Waals surface area contributed by atoms with Crippen LogP contribution in [0.3, 0.4) is 0 Å². The van der Waals surface area contributed by atoms with Crippen molar-refractivity contribution in [2.24, 2.45) is 20.5 Å². The van der Waals surface area contributed by atoms with Gasteiger partial charge in [-0.3, -0.25) is 14.3 Å². The van der Waals surface area contributed by atoms with Gasteiger partial charge in [0.1, 0.15) is 5.69 Å². The number of nitrogens with zero attached hydrogens (tertiary/aromatic N) is 5. The van der Waals surface area contributed by atoms with E-state index in [1.807, 2.05) is 24.3 Å². The number of fused-ring (bicyclic) bond motifs is 3. The van der Waals surface area contributed by atoms with Crippen molar-refractivity contribution in [2.75, 3.05) is 0 Å². The summed E-state index contributed by atoms with van der Waals surface area (Å²) in [5.74, 6) is -0.610. The lowest BCUT2D eigenvalue weighted by molar-refractivity contribution is -0.432. The van der Waals surface area contributed by atoms with Crippen LogP contribution in [0, 0.1) is 0 Å². The summed E-state index contributed by atoms with van der Waals surface area (Å²) in [7, 11) is -4.55. The third-order valence-corrected chi connectivity index (χ3v) is 7.98. The van der Waals surface area contributed by atoms with E-state index in [1.54, 1.807) is 42.6 Å². The van der Waals surface area contributed by atoms with Gasteiger partial charge in [0, 0.05) is 21.9 Å². The fourth-order valence-corrected chi connectivity index (χ4v) is 5.47. The zero-order valence-electron chi connectivity index (χ0n) is 22.0. The monoisotopic (exact) mass is 630 g/mol. The van der Waals surface area contributed by atoms with Crippen LogP contribution in [-0.4, -0.2) is 33.3 Å². The summed E-state index contributed by atoms with van der Waals surface area (Å²) in [6.07, 6.45) is 1.57. The summed E-state index contributed by atoms with van der Waals surface area (Å²) in [5.41, 5.74) is 0.668. The molecule has 0 aliphatic heterocycles. The molecule has 16 heteroatoms. The van der Waals surface area contributed by atoms with E-state index in [1.165, 1.54) is 6.07 Å². The number of aromatic nitrogens is 2. The summed E-state index contributed by atoms with van der Waals surface area (Å²) in [6, 6.07) is 20.9. The van der Waals surface area contributed by atoms with Crippen LogP contribution in [-0.2, 0) is 19.5 Å². The molecule has 0 aliphatic carbocycles. The predicted molar refractivity (Wildman–Crippen MR) is 161 cm³/mol. The van der Waals surface area contributed by atoms with Crippen LogP contribution in [0.25, 0.3) is 32.6 Å². The highest BCUT2D eigenvalue weighted by Crippen LogP contribution is 2.37. The van der Waals surface area contributed by atoms with Crippen LogP contribution < -0.4 is 5.56 Å². The highest BCUT2D eigenvalue weighted by Gasteiger charge is 2.16. The second-order valence-electron chi connectivity index (χ2n) is 9.12. The van der Waals surface area contributed by atoms with Crippen molar-refractivity contribution in [1.29, 1.82) is 0 Å². The number of aromatic hydroxyl groups is 1. The third-order valence-electron chi connectivity index (χ3n) is 6.47. The van der Waals surface area contributed by atoms with Crippen molar-refractivity contribution in [1.82, 2.24) is 9.97 Å². The van der Waals surface area contributed by atoms with Gasteiger partial charge in [0.15, 0.2) is 11.4 Å². The smallest absolute Gasteiger partial charge is 0.294 e. The highest BCUT2D eigenvalue weighted by atomic mass is 32.2. The van der Waals surface area contributed by atoms with Gasteiger partial charge in [0.05, 0.1) is 39.3 Å². The minimum absolute atomic E-state index is 0.0489. The Labute approximate surface area is 251 Å². The van der Waals surface area contributed by atoms with Gasteiger partial charge in [-0.2, -0.15) is 13.5 Å². The number of hydrogen-bond acceptors (Lipinski definition) is 13. The van der Waals surface area contributed by atoms with Crippen LogP contribution in [0.1, 0.15) is 0 Å². The first-order valence-electron chi connectivity index (χ1n) is 12.5. The molecule has 0 unspecified atom stereocenters. The molecule has 4 N–H and O–H groups in total. The molecular weight excluding hydrogens is 612 g/mol. The molecule has 14 nitrogen and oxygen atoms in total. The first kappa shape index (κ1) is 29.0. The van der Waals surface area contributed by atoms with E-state index < -0.39 is 32.0 Å². The first-order chi connectivity index (χ1) is 21.2. The molecule has 0 aliphatic rings. The Hall–Kier alpha value is -5.10. The Morgan fingerprint density at radius 3 is 2.48 bits per heavy atom. The van der Waals surface area contributed by atoms with Crippen molar-refractivity contribution in [3.8, 4) is 5.75 Å². The topological polar surface area (TPSA) is 208 Å². The maximum Gasteiger partial charge on any atom is 0.294 e. The number of aromatic amines is 1. The van der Waals surface area contributed by atoms with Gasteiger partial charge >= 0.3 is 0 Å². The van der Waals surface area contributed by atoms with E-state index in [0.717, 1.165) is 39.8 Å². The van der Waals surface area contributed by atoms with Crippen LogP contribution >= 0.6 is 12.0 Å². The summed E-state index contributed by atoms with van der Waals surface area (Å²) < 4.78 is 37.0. The van der Waals surface area contributed by atoms with Crippen molar-refractivity contribution < 1.29 is 32.7 Å². The van der Waals surface area contributed by atoms with Crippen LogP contribution in [0.2, 0.25) is 0 Å². The molecule has 0 atom stereocenters. The molecule has 0 bridgehead atoms. The van der Waals surface area contributed by atoms with E-state index in [4.69, 9.17) is 5.26 Å². The Balaban J connectivity index is 1.34. The molecule has 0 saturated heterocycles. The highest BCUT2D eigenvalue weighted by molar-refractivity contribution is 7.94. The molecular formula is C28H18N6O8S2. The van der Waals surface area contributed by atoms with Gasteiger partial charge in [0.2, 0.25) is 0 Å². The fraction of sp³-hybridized carbons (Fsp3) is 0. The molecule has 6 rings (SSSR count). The normalized spacial score (nSPS) is 12.3. The fourth-order valence-electron chi connectivity index (χ4n) is 4.45. The number of rotatable bonds is 8. The van der Waals surface area contributed by atoms with Crippen molar-refractivity contribution in [3.63, 3.8) is 0 Å². The largest absolute Gasteiger partial charge is 0.505 e. The van der Waals surface area contributed by atoms with Crippen LogP contribution in [0.4, 0.5) is 22.7 Å². The molecule has 2 heterocycles. The first-order valence-corrected chi connectivity index (χ1v) is 14.7. The Morgan fingerprint density at radius 2 is 1.66 bits per heavy atom. The Morgan fingerprint density at radius 1 is 0.841 bits per heavy atom. The average molecular weight is 631 g/mol. The summed E-state index contributed by atoms with van der Waals surface area (Å²) >= 11 is 0.859. The zero-order valence-corrected chi connectivity index (χ0v) is 23.7. The average Bonchev–Trinajstić information content (AvgIpc) is 3.02. The SMILES string of the molecule is O=c1[nH]c2ccc(S(=O)(=O)O)cc2c(O)c1/N=N/c1ccc(/N=N/c2ccc3c(SOOO)cccc3c2)c2ncccc12. The minimum Gasteiger partial charge on any atom is -0.505 e. The number of H-pyrrole nitrogens is 1. The van der Waals surface area contributed by atoms with Gasteiger partial charge in [-0.25, -0.2) is 5.26 Å². The molecule has 0 saturated carbocycles. The van der Waals surface area contributed by atoms with Gasteiger partial charge in [0.25, 0.3) is 15.7 Å². The third kappa shape index (κ3) is 5.76. The van der Waals surface area contributed by atoms with E-state index in [9.17, 15) is 22.9 Å². The number of azo groups is 2. The molecule has 0 radical (unpaired) electrons. The maximum absolute atomic E-state index is 12.6. The van der Waals surface area contributed by atoms with E-state index in [0.29, 0.717) is 28.0 Å². The lowest BCUT2D eigenvalue weighted by Crippen LogP contribution is -2.06. The van der Waals surface area contributed by atoms with Gasteiger partial charge in [-0.1, -0.05) is 23.2 Å². The molecule has 44 heavy (non-hydrogen) atoms. The summed E-state index contributed by atoms with van der Waals surface area (Å²) in [5, 5.41) is 41.9. The molecule has 0 amide bonds. The lowest BCUT2D eigenvalue weighted by atomic mass is 10.1. The van der Waals surface area contributed by atoms with Gasteiger partial charge in [-0.15, -0.1) is 19.7 Å². The second-order valence-corrected chi connectivity index (χ2v) is 11.3. The molecule has 2 aromatic heterocycles. The predicted octanol–water partition coefficient (Wildman–Crippen LogP) is 7.44. The molecule has 0 fully saturated rings. The van der Waals surface area contributed by atoms with Crippen LogP contribution in [0.5, 0.6) is 5.75 Å². The van der Waals surface area contributed by atoms with E-state index >= 15 is 0 Å². The molecule has 6 aromatic rings. The zero-order chi connectivity index (χ0) is 30.8. The van der Waals surface area contributed by atoms with Gasteiger partial charge in [-0.05, 0) is 71.4 Å². The Bertz CT molecular complexity index is 2310. The number of pyridine rings is 2. The van der Waals surface area contributed by atoms with Crippen molar-refractivity contribution >= 4 is 77.5 Å². The van der Waals surface area contributed by atoms with E-state index in [-0.39, 0.29) is 10.9 Å².